The molecule has 10 nitrogen and oxygen atoms in total. The van der Waals surface area contributed by atoms with Crippen LogP contribution in [0.4, 0.5) is 10.5 Å². The Morgan fingerprint density at radius 3 is 2.36 bits per heavy atom. The normalized spacial score (nSPS) is 34.2. The Bertz CT molecular complexity index is 1010. The van der Waals surface area contributed by atoms with Crippen molar-refractivity contribution in [1.82, 2.24) is 4.90 Å². The van der Waals surface area contributed by atoms with E-state index in [0.717, 1.165) is 12.8 Å². The lowest BCUT2D eigenvalue weighted by Gasteiger charge is -2.60. The van der Waals surface area contributed by atoms with Gasteiger partial charge in [0, 0.05) is 36.6 Å². The zero-order valence-electron chi connectivity index (χ0n) is 23.5. The van der Waals surface area contributed by atoms with Crippen molar-refractivity contribution >= 4 is 17.7 Å². The highest BCUT2D eigenvalue weighted by Crippen LogP contribution is 2.61. The summed E-state index contributed by atoms with van der Waals surface area (Å²) in [5.41, 5.74) is -0.709. The van der Waals surface area contributed by atoms with Gasteiger partial charge in [-0.1, -0.05) is 13.8 Å². The highest BCUT2D eigenvalue weighted by molar-refractivity contribution is 5.85. The Morgan fingerprint density at radius 2 is 1.74 bits per heavy atom. The van der Waals surface area contributed by atoms with E-state index in [1.807, 2.05) is 6.92 Å². The fraction of sp³-hybridized carbons (Fsp3) is 0.724. The molecule has 0 radical (unpaired) electrons. The number of methoxy groups -OCH3 is 2. The summed E-state index contributed by atoms with van der Waals surface area (Å²) in [7, 11) is 3.06. The molecule has 2 amide bonds. The van der Waals surface area contributed by atoms with Crippen molar-refractivity contribution < 1.29 is 39.1 Å². The summed E-state index contributed by atoms with van der Waals surface area (Å²) >= 11 is 0. The van der Waals surface area contributed by atoms with Crippen molar-refractivity contribution in [3.8, 4) is 11.5 Å². The standard InChI is InChI=1S/C29H44N2O8/c1-28-10-9-25(39-27(36)30-18-12-20(37-3)14-21(13-18)38-4)29(2,17-33)24(28)8-7-23(34)22(28)15-26(35)31-11-5-6-19(31)16-32/h12-14,19,22-25,32-34H,5-11,15-17H2,1-4H3,(H,30,36). The molecular weight excluding hydrogens is 504 g/mol. The molecule has 2 saturated carbocycles. The van der Waals surface area contributed by atoms with Crippen LogP contribution in [0.25, 0.3) is 0 Å². The monoisotopic (exact) mass is 548 g/mol. The summed E-state index contributed by atoms with van der Waals surface area (Å²) in [6, 6.07) is 4.88. The summed E-state index contributed by atoms with van der Waals surface area (Å²) in [5, 5.41) is 34.2. The Kier molecular flexibility index (Phi) is 8.98. The van der Waals surface area contributed by atoms with Crippen LogP contribution in [0, 0.1) is 22.7 Å². The molecule has 4 rings (SSSR count). The van der Waals surface area contributed by atoms with Crippen LogP contribution in [0.15, 0.2) is 18.2 Å². The molecular formula is C29H44N2O8. The zero-order valence-corrected chi connectivity index (χ0v) is 23.5. The molecule has 39 heavy (non-hydrogen) atoms. The molecule has 0 bridgehead atoms. The predicted octanol–water partition coefficient (Wildman–Crippen LogP) is 3.18. The minimum Gasteiger partial charge on any atom is -0.497 e. The number of hydrogen-bond acceptors (Lipinski definition) is 8. The largest absolute Gasteiger partial charge is 0.497 e. The summed E-state index contributed by atoms with van der Waals surface area (Å²) in [4.78, 5) is 28.1. The van der Waals surface area contributed by atoms with E-state index < -0.39 is 29.1 Å². The number of carbonyl (C=O) groups excluding carboxylic acids is 2. The van der Waals surface area contributed by atoms with Gasteiger partial charge in [-0.2, -0.15) is 0 Å². The third-order valence-corrected chi connectivity index (χ3v) is 9.83. The van der Waals surface area contributed by atoms with E-state index in [9.17, 15) is 24.9 Å². The molecule has 0 spiro atoms. The molecule has 10 heteroatoms. The zero-order chi connectivity index (χ0) is 28.4. The fourth-order valence-electron chi connectivity index (χ4n) is 7.60. The third-order valence-electron chi connectivity index (χ3n) is 9.83. The van der Waals surface area contributed by atoms with Crippen LogP contribution < -0.4 is 14.8 Å². The van der Waals surface area contributed by atoms with E-state index in [1.54, 1.807) is 23.1 Å². The van der Waals surface area contributed by atoms with E-state index >= 15 is 0 Å². The van der Waals surface area contributed by atoms with Crippen molar-refractivity contribution in [3.63, 3.8) is 0 Å². The van der Waals surface area contributed by atoms with Crippen LogP contribution in [-0.2, 0) is 9.53 Å². The van der Waals surface area contributed by atoms with Crippen LogP contribution in [-0.4, -0.2) is 84.4 Å². The Hall–Kier alpha value is -2.56. The lowest BCUT2D eigenvalue weighted by Crippen LogP contribution is -2.61. The summed E-state index contributed by atoms with van der Waals surface area (Å²) in [6.45, 7) is 4.45. The SMILES string of the molecule is COc1cc(NC(=O)OC2CCC3(C)C(CC(=O)N4CCCC4CO)C(O)CCC3C2(C)CO)cc(OC)c1. The van der Waals surface area contributed by atoms with Gasteiger partial charge in [-0.3, -0.25) is 10.1 Å². The molecule has 1 aliphatic heterocycles. The number of amides is 2. The fourth-order valence-corrected chi connectivity index (χ4v) is 7.60. The minimum atomic E-state index is -0.751. The molecule has 218 valence electrons. The molecule has 7 unspecified atom stereocenters. The maximum absolute atomic E-state index is 13.3. The number of aliphatic hydroxyl groups is 3. The topological polar surface area (TPSA) is 138 Å². The first kappa shape index (κ1) is 29.4. The number of rotatable bonds is 8. The number of fused-ring (bicyclic) bond motifs is 1. The molecule has 2 aliphatic carbocycles. The minimum absolute atomic E-state index is 0.0327. The number of ether oxygens (including phenoxy) is 3. The first-order valence-electron chi connectivity index (χ1n) is 14.0. The number of likely N-dealkylation sites (tertiary alicyclic amines) is 1. The molecule has 7 atom stereocenters. The van der Waals surface area contributed by atoms with Crippen LogP contribution in [0.3, 0.4) is 0 Å². The van der Waals surface area contributed by atoms with E-state index in [4.69, 9.17) is 14.2 Å². The number of nitrogens with zero attached hydrogens (tertiary/aromatic N) is 1. The van der Waals surface area contributed by atoms with E-state index in [2.05, 4.69) is 12.2 Å². The molecule has 1 heterocycles. The van der Waals surface area contributed by atoms with Crippen molar-refractivity contribution in [2.75, 3.05) is 39.3 Å². The quantitative estimate of drug-likeness (QED) is 0.389. The van der Waals surface area contributed by atoms with Crippen LogP contribution in [0.2, 0.25) is 0 Å². The highest BCUT2D eigenvalue weighted by atomic mass is 16.6. The Labute approximate surface area is 230 Å². The molecule has 1 saturated heterocycles. The van der Waals surface area contributed by atoms with Crippen LogP contribution in [0.1, 0.15) is 58.8 Å². The number of anilines is 1. The average Bonchev–Trinajstić information content (AvgIpc) is 3.41. The van der Waals surface area contributed by atoms with Crippen molar-refractivity contribution in [3.05, 3.63) is 18.2 Å². The molecule has 3 aliphatic rings. The smallest absolute Gasteiger partial charge is 0.411 e. The number of aliphatic hydroxyl groups excluding tert-OH is 3. The Morgan fingerprint density at radius 1 is 1.05 bits per heavy atom. The highest BCUT2D eigenvalue weighted by Gasteiger charge is 2.60. The average molecular weight is 549 g/mol. The van der Waals surface area contributed by atoms with Crippen LogP contribution in [0.5, 0.6) is 11.5 Å². The van der Waals surface area contributed by atoms with Gasteiger partial charge in [-0.25, -0.2) is 4.79 Å². The first-order valence-corrected chi connectivity index (χ1v) is 14.0. The van der Waals surface area contributed by atoms with Crippen molar-refractivity contribution in [2.24, 2.45) is 22.7 Å². The summed E-state index contributed by atoms with van der Waals surface area (Å²) < 4.78 is 16.5. The second-order valence-corrected chi connectivity index (χ2v) is 11.9. The van der Waals surface area contributed by atoms with Gasteiger partial charge in [-0.15, -0.1) is 0 Å². The van der Waals surface area contributed by atoms with Crippen molar-refractivity contribution in [2.45, 2.75) is 77.0 Å². The van der Waals surface area contributed by atoms with Gasteiger partial charge in [0.05, 0.1) is 45.3 Å². The third kappa shape index (κ3) is 5.69. The number of hydrogen-bond donors (Lipinski definition) is 4. The summed E-state index contributed by atoms with van der Waals surface area (Å²) in [6.07, 6.45) is 2.39. The lowest BCUT2D eigenvalue weighted by atomic mass is 9.46. The molecule has 0 aromatic heterocycles. The maximum atomic E-state index is 13.3. The van der Waals surface area contributed by atoms with Gasteiger partial charge in [0.1, 0.15) is 17.6 Å². The number of benzene rings is 1. The van der Waals surface area contributed by atoms with Gasteiger partial charge in [0.15, 0.2) is 0 Å². The van der Waals surface area contributed by atoms with Gasteiger partial charge in [0.2, 0.25) is 5.91 Å². The Balaban J connectivity index is 1.50. The second kappa shape index (κ2) is 11.9. The van der Waals surface area contributed by atoms with Gasteiger partial charge < -0.3 is 34.4 Å². The number of carbonyl (C=O) groups is 2. The van der Waals surface area contributed by atoms with Gasteiger partial charge in [0.25, 0.3) is 0 Å². The van der Waals surface area contributed by atoms with Crippen LogP contribution >= 0.6 is 0 Å². The maximum Gasteiger partial charge on any atom is 0.411 e. The lowest BCUT2D eigenvalue weighted by molar-refractivity contribution is -0.186. The van der Waals surface area contributed by atoms with E-state index in [-0.39, 0.29) is 43.4 Å². The molecule has 1 aromatic rings. The number of nitrogens with one attached hydrogen (secondary N) is 1. The van der Waals surface area contributed by atoms with E-state index in [1.165, 1.54) is 14.2 Å². The molecule has 3 fully saturated rings. The van der Waals surface area contributed by atoms with Gasteiger partial charge in [-0.05, 0) is 55.8 Å². The van der Waals surface area contributed by atoms with Crippen molar-refractivity contribution in [1.29, 1.82) is 0 Å². The summed E-state index contributed by atoms with van der Waals surface area (Å²) in [5.74, 6) is 0.674. The first-order chi connectivity index (χ1) is 18.6. The predicted molar refractivity (Wildman–Crippen MR) is 145 cm³/mol. The van der Waals surface area contributed by atoms with Gasteiger partial charge >= 0.3 is 6.09 Å². The molecule has 1 aromatic carbocycles. The van der Waals surface area contributed by atoms with E-state index in [0.29, 0.717) is 49.4 Å². The molecule has 4 N–H and O–H groups in total. The second-order valence-electron chi connectivity index (χ2n) is 11.9.